The van der Waals surface area contributed by atoms with E-state index in [0.717, 1.165) is 5.56 Å². The standard InChI is InChI=1S/C20H22Cl2N2O5S/c1-14(15-2-4-16(21)5-3-15)23-20(25)13-29-19-7-6-17(12-18(19)22)30(26,27)24-8-10-28-11-9-24/h2-7,12,14H,8-11,13H2,1H3,(H,23,25)/t14-/m0/s1. The van der Waals surface area contributed by atoms with Crippen molar-refractivity contribution in [3.8, 4) is 5.75 Å². The van der Waals surface area contributed by atoms with Crippen molar-refractivity contribution in [2.24, 2.45) is 0 Å². The largest absolute Gasteiger partial charge is 0.482 e. The predicted octanol–water partition coefficient (Wildman–Crippen LogP) is 3.27. The molecule has 0 unspecified atom stereocenters. The van der Waals surface area contributed by atoms with E-state index in [0.29, 0.717) is 31.3 Å². The molecular formula is C20H22Cl2N2O5S. The summed E-state index contributed by atoms with van der Waals surface area (Å²) in [5, 5.41) is 3.55. The topological polar surface area (TPSA) is 84.9 Å². The van der Waals surface area contributed by atoms with Crippen LogP contribution in [0.4, 0.5) is 0 Å². The minimum atomic E-state index is -3.66. The molecule has 1 aliphatic heterocycles. The molecule has 1 fully saturated rings. The molecule has 2 aromatic rings. The molecule has 0 aliphatic carbocycles. The summed E-state index contributed by atoms with van der Waals surface area (Å²) in [6, 6.07) is 11.1. The first kappa shape index (κ1) is 22.8. The summed E-state index contributed by atoms with van der Waals surface area (Å²) in [5.41, 5.74) is 0.906. The van der Waals surface area contributed by atoms with Crippen LogP contribution < -0.4 is 10.1 Å². The highest BCUT2D eigenvalue weighted by Crippen LogP contribution is 2.29. The molecule has 1 amide bonds. The van der Waals surface area contributed by atoms with E-state index in [1.54, 1.807) is 12.1 Å². The van der Waals surface area contributed by atoms with Gasteiger partial charge in [-0.15, -0.1) is 0 Å². The van der Waals surface area contributed by atoms with Gasteiger partial charge in [-0.2, -0.15) is 4.31 Å². The summed E-state index contributed by atoms with van der Waals surface area (Å²) < 4.78 is 37.4. The van der Waals surface area contributed by atoms with E-state index in [1.165, 1.54) is 22.5 Å². The van der Waals surface area contributed by atoms with Crippen LogP contribution in [0.1, 0.15) is 18.5 Å². The monoisotopic (exact) mass is 472 g/mol. The summed E-state index contributed by atoms with van der Waals surface area (Å²) in [6.07, 6.45) is 0. The summed E-state index contributed by atoms with van der Waals surface area (Å²) >= 11 is 12.1. The molecule has 1 heterocycles. The van der Waals surface area contributed by atoms with Gasteiger partial charge in [-0.25, -0.2) is 8.42 Å². The van der Waals surface area contributed by atoms with Crippen molar-refractivity contribution in [2.75, 3.05) is 32.9 Å². The zero-order chi connectivity index (χ0) is 21.7. The Kier molecular flexibility index (Phi) is 7.60. The number of amides is 1. The number of rotatable bonds is 7. The number of benzene rings is 2. The summed E-state index contributed by atoms with van der Waals surface area (Å²) in [7, 11) is -3.66. The van der Waals surface area contributed by atoms with Crippen molar-refractivity contribution in [1.82, 2.24) is 9.62 Å². The van der Waals surface area contributed by atoms with Gasteiger partial charge in [0.1, 0.15) is 5.75 Å². The van der Waals surface area contributed by atoms with Gasteiger partial charge in [-0.3, -0.25) is 4.79 Å². The van der Waals surface area contributed by atoms with Crippen molar-refractivity contribution in [3.63, 3.8) is 0 Å². The number of nitrogens with one attached hydrogen (secondary N) is 1. The number of hydrogen-bond acceptors (Lipinski definition) is 5. The molecule has 1 saturated heterocycles. The van der Waals surface area contributed by atoms with Crippen LogP contribution in [0.3, 0.4) is 0 Å². The predicted molar refractivity (Wildman–Crippen MR) is 115 cm³/mol. The molecule has 0 bridgehead atoms. The summed E-state index contributed by atoms with van der Waals surface area (Å²) in [4.78, 5) is 12.3. The van der Waals surface area contributed by atoms with E-state index in [2.05, 4.69) is 5.32 Å². The third-order valence-electron chi connectivity index (χ3n) is 4.62. The zero-order valence-electron chi connectivity index (χ0n) is 16.3. The van der Waals surface area contributed by atoms with Crippen molar-refractivity contribution in [3.05, 3.63) is 58.1 Å². The molecule has 0 radical (unpaired) electrons. The smallest absolute Gasteiger partial charge is 0.258 e. The van der Waals surface area contributed by atoms with Crippen LogP contribution in [-0.2, 0) is 19.6 Å². The van der Waals surface area contributed by atoms with Gasteiger partial charge in [0.25, 0.3) is 5.91 Å². The van der Waals surface area contributed by atoms with Crippen LogP contribution in [0.15, 0.2) is 47.4 Å². The normalized spacial score (nSPS) is 16.1. The Morgan fingerprint density at radius 3 is 2.47 bits per heavy atom. The van der Waals surface area contributed by atoms with Gasteiger partial charge in [0.15, 0.2) is 6.61 Å². The van der Waals surface area contributed by atoms with Gasteiger partial charge in [0.2, 0.25) is 10.0 Å². The minimum Gasteiger partial charge on any atom is -0.482 e. The molecule has 1 aliphatic rings. The van der Waals surface area contributed by atoms with Gasteiger partial charge >= 0.3 is 0 Å². The maximum atomic E-state index is 12.7. The number of ether oxygens (including phenoxy) is 2. The quantitative estimate of drug-likeness (QED) is 0.668. The van der Waals surface area contributed by atoms with Gasteiger partial charge in [0.05, 0.1) is 29.2 Å². The van der Waals surface area contributed by atoms with Crippen LogP contribution in [0, 0.1) is 0 Å². The fourth-order valence-corrected chi connectivity index (χ4v) is 4.82. The van der Waals surface area contributed by atoms with E-state index in [-0.39, 0.29) is 34.2 Å². The first-order valence-electron chi connectivity index (χ1n) is 9.32. The average molecular weight is 473 g/mol. The third-order valence-corrected chi connectivity index (χ3v) is 7.06. The second-order valence-corrected chi connectivity index (χ2v) is 9.52. The Labute approximate surface area is 185 Å². The first-order valence-corrected chi connectivity index (χ1v) is 11.5. The number of halogens is 2. The molecule has 2 aromatic carbocycles. The molecule has 10 heteroatoms. The second kappa shape index (κ2) is 9.98. The molecule has 0 spiro atoms. The summed E-state index contributed by atoms with van der Waals surface area (Å²) in [6.45, 7) is 2.90. The molecule has 0 saturated carbocycles. The Bertz CT molecular complexity index is 993. The van der Waals surface area contributed by atoms with Crippen LogP contribution in [0.25, 0.3) is 0 Å². The fourth-order valence-electron chi connectivity index (χ4n) is 2.96. The number of morpholine rings is 1. The fraction of sp³-hybridized carbons (Fsp3) is 0.350. The van der Waals surface area contributed by atoms with Crippen LogP contribution in [-0.4, -0.2) is 51.5 Å². The number of carbonyl (C=O) groups excluding carboxylic acids is 1. The lowest BCUT2D eigenvalue weighted by atomic mass is 10.1. The Hall–Kier alpha value is -1.84. The van der Waals surface area contributed by atoms with Gasteiger partial charge in [0, 0.05) is 18.1 Å². The van der Waals surface area contributed by atoms with Gasteiger partial charge in [-0.05, 0) is 42.8 Å². The molecular weight excluding hydrogens is 451 g/mol. The lowest BCUT2D eigenvalue weighted by Gasteiger charge is -2.26. The van der Waals surface area contributed by atoms with Crippen LogP contribution in [0.5, 0.6) is 5.75 Å². The van der Waals surface area contributed by atoms with Crippen molar-refractivity contribution in [2.45, 2.75) is 17.9 Å². The van der Waals surface area contributed by atoms with Crippen molar-refractivity contribution in [1.29, 1.82) is 0 Å². The molecule has 162 valence electrons. The van der Waals surface area contributed by atoms with Gasteiger partial charge in [-0.1, -0.05) is 35.3 Å². The Morgan fingerprint density at radius 2 is 1.83 bits per heavy atom. The molecule has 1 atom stereocenters. The molecule has 3 rings (SSSR count). The highest BCUT2D eigenvalue weighted by atomic mass is 35.5. The van der Waals surface area contributed by atoms with E-state index in [9.17, 15) is 13.2 Å². The molecule has 7 nitrogen and oxygen atoms in total. The molecule has 30 heavy (non-hydrogen) atoms. The molecule has 0 aromatic heterocycles. The maximum absolute atomic E-state index is 12.7. The SMILES string of the molecule is C[C@H](NC(=O)COc1ccc(S(=O)(=O)N2CCOCC2)cc1Cl)c1ccc(Cl)cc1. The van der Waals surface area contributed by atoms with E-state index >= 15 is 0 Å². The summed E-state index contributed by atoms with van der Waals surface area (Å²) in [5.74, 6) is -0.106. The van der Waals surface area contributed by atoms with E-state index < -0.39 is 10.0 Å². The highest BCUT2D eigenvalue weighted by molar-refractivity contribution is 7.89. The first-order chi connectivity index (χ1) is 14.3. The minimum absolute atomic E-state index is 0.0718. The lowest BCUT2D eigenvalue weighted by molar-refractivity contribution is -0.123. The average Bonchev–Trinajstić information content (AvgIpc) is 2.73. The zero-order valence-corrected chi connectivity index (χ0v) is 18.6. The van der Waals surface area contributed by atoms with E-state index in [1.807, 2.05) is 19.1 Å². The number of carbonyl (C=O) groups is 1. The third kappa shape index (κ3) is 5.65. The number of hydrogen-bond donors (Lipinski definition) is 1. The second-order valence-electron chi connectivity index (χ2n) is 6.74. The molecule has 1 N–H and O–H groups in total. The number of sulfonamides is 1. The highest BCUT2D eigenvalue weighted by Gasteiger charge is 2.27. The van der Waals surface area contributed by atoms with Crippen molar-refractivity contribution < 1.29 is 22.7 Å². The Balaban J connectivity index is 1.59. The Morgan fingerprint density at radius 1 is 1.17 bits per heavy atom. The lowest BCUT2D eigenvalue weighted by Crippen LogP contribution is -2.40. The maximum Gasteiger partial charge on any atom is 0.258 e. The van der Waals surface area contributed by atoms with Crippen molar-refractivity contribution >= 4 is 39.1 Å². The van der Waals surface area contributed by atoms with Crippen LogP contribution in [0.2, 0.25) is 10.0 Å². The number of nitrogens with zero attached hydrogens (tertiary/aromatic N) is 1. The van der Waals surface area contributed by atoms with E-state index in [4.69, 9.17) is 32.7 Å². The van der Waals surface area contributed by atoms with Gasteiger partial charge < -0.3 is 14.8 Å². The van der Waals surface area contributed by atoms with Crippen LogP contribution >= 0.6 is 23.2 Å².